The number of aliphatic hydroxyl groups excluding tert-OH is 1. The third-order valence-electron chi connectivity index (χ3n) is 3.65. The van der Waals surface area contributed by atoms with Crippen molar-refractivity contribution in [1.82, 2.24) is 5.32 Å². The number of nitrogens with zero attached hydrogens (tertiary/aromatic N) is 1. The van der Waals surface area contributed by atoms with E-state index in [1.807, 2.05) is 24.9 Å². The molecule has 0 aromatic heterocycles. The number of anilines is 1. The molecule has 2 rings (SSSR count). The molecule has 0 bridgehead atoms. The summed E-state index contributed by atoms with van der Waals surface area (Å²) in [7, 11) is 1.85. The lowest BCUT2D eigenvalue weighted by Gasteiger charge is -2.36. The summed E-state index contributed by atoms with van der Waals surface area (Å²) in [6.45, 7) is 3.55. The second-order valence-electron chi connectivity index (χ2n) is 4.83. The zero-order valence-electron chi connectivity index (χ0n) is 11.4. The minimum Gasteiger partial charge on any atom is -0.394 e. The van der Waals surface area contributed by atoms with Gasteiger partial charge in [-0.15, -0.1) is 0 Å². The van der Waals surface area contributed by atoms with Crippen LogP contribution in [0.3, 0.4) is 0 Å². The molecule has 0 amide bonds. The second-order valence-corrected chi connectivity index (χ2v) is 4.83. The molecule has 0 spiro atoms. The lowest BCUT2D eigenvalue weighted by atomic mass is 10.1. The summed E-state index contributed by atoms with van der Waals surface area (Å²) in [5.41, 5.74) is 1.45. The summed E-state index contributed by atoms with van der Waals surface area (Å²) in [6.07, 6.45) is 0. The fourth-order valence-electron chi connectivity index (χ4n) is 2.32. The highest BCUT2D eigenvalue weighted by molar-refractivity contribution is 5.51. The van der Waals surface area contributed by atoms with Gasteiger partial charge in [-0.1, -0.05) is 6.07 Å². The third kappa shape index (κ3) is 3.05. The molecule has 1 saturated heterocycles. The Balaban J connectivity index is 2.24. The maximum Gasteiger partial charge on any atom is 0.146 e. The Labute approximate surface area is 113 Å². The predicted molar refractivity (Wildman–Crippen MR) is 72.9 cm³/mol. The lowest BCUT2D eigenvalue weighted by molar-refractivity contribution is 0.0723. The largest absolute Gasteiger partial charge is 0.394 e. The summed E-state index contributed by atoms with van der Waals surface area (Å²) in [5.74, 6) is -0.250. The van der Waals surface area contributed by atoms with Gasteiger partial charge in [0.25, 0.3) is 0 Å². The van der Waals surface area contributed by atoms with Gasteiger partial charge in [-0.05, 0) is 31.7 Å². The highest BCUT2D eigenvalue weighted by atomic mass is 19.1. The number of hydrogen-bond acceptors (Lipinski definition) is 4. The van der Waals surface area contributed by atoms with E-state index >= 15 is 0 Å². The SMILES string of the molecule is CNC(C)c1ccc(N2CCOCC2CO)c(F)c1. The van der Waals surface area contributed by atoms with Crippen LogP contribution in [0.1, 0.15) is 18.5 Å². The van der Waals surface area contributed by atoms with E-state index in [0.29, 0.717) is 25.4 Å². The van der Waals surface area contributed by atoms with Crippen LogP contribution in [0.15, 0.2) is 18.2 Å². The Kier molecular flexibility index (Phi) is 4.74. The molecule has 2 N–H and O–H groups in total. The first-order valence-electron chi connectivity index (χ1n) is 6.59. The molecule has 106 valence electrons. The van der Waals surface area contributed by atoms with Gasteiger partial charge in [0, 0.05) is 12.6 Å². The topological polar surface area (TPSA) is 44.7 Å². The van der Waals surface area contributed by atoms with E-state index in [9.17, 15) is 9.50 Å². The minimum absolute atomic E-state index is 0.0336. The summed E-state index contributed by atoms with van der Waals surface area (Å²) in [6, 6.07) is 5.20. The van der Waals surface area contributed by atoms with Crippen molar-refractivity contribution in [3.05, 3.63) is 29.6 Å². The summed E-state index contributed by atoms with van der Waals surface area (Å²) in [5, 5.41) is 12.4. The monoisotopic (exact) mass is 268 g/mol. The van der Waals surface area contributed by atoms with Crippen LogP contribution < -0.4 is 10.2 Å². The van der Waals surface area contributed by atoms with Crippen molar-refractivity contribution in [3.63, 3.8) is 0 Å². The van der Waals surface area contributed by atoms with Gasteiger partial charge in [-0.25, -0.2) is 4.39 Å². The fraction of sp³-hybridized carbons (Fsp3) is 0.571. The van der Waals surface area contributed by atoms with Gasteiger partial charge < -0.3 is 20.1 Å². The first-order valence-corrected chi connectivity index (χ1v) is 6.59. The highest BCUT2D eigenvalue weighted by Gasteiger charge is 2.24. The van der Waals surface area contributed by atoms with Crippen molar-refractivity contribution in [1.29, 1.82) is 0 Å². The smallest absolute Gasteiger partial charge is 0.146 e. The van der Waals surface area contributed by atoms with E-state index in [4.69, 9.17) is 4.74 Å². The van der Waals surface area contributed by atoms with E-state index in [2.05, 4.69) is 5.32 Å². The molecule has 1 aromatic rings. The first kappa shape index (κ1) is 14.2. The van der Waals surface area contributed by atoms with E-state index < -0.39 is 0 Å². The fourth-order valence-corrected chi connectivity index (χ4v) is 2.32. The van der Waals surface area contributed by atoms with Crippen molar-refractivity contribution in [3.8, 4) is 0 Å². The third-order valence-corrected chi connectivity index (χ3v) is 3.65. The molecule has 2 atom stereocenters. The number of nitrogens with one attached hydrogen (secondary N) is 1. The Morgan fingerprint density at radius 2 is 2.37 bits per heavy atom. The number of ether oxygens (including phenoxy) is 1. The van der Waals surface area contributed by atoms with Crippen LogP contribution >= 0.6 is 0 Å². The van der Waals surface area contributed by atoms with Crippen LogP contribution in [-0.2, 0) is 4.74 Å². The van der Waals surface area contributed by atoms with Gasteiger partial charge in [-0.3, -0.25) is 0 Å². The minimum atomic E-state index is -0.250. The first-order chi connectivity index (χ1) is 9.17. The Hall–Kier alpha value is -1.17. The van der Waals surface area contributed by atoms with Gasteiger partial charge in [0.2, 0.25) is 0 Å². The normalized spacial score (nSPS) is 21.5. The standard InChI is InChI=1S/C14H21FN2O2/c1-10(16-2)11-3-4-14(13(15)7-11)17-5-6-19-9-12(17)8-18/h3-4,7,10,12,16,18H,5-6,8-9H2,1-2H3. The van der Waals surface area contributed by atoms with E-state index in [1.54, 1.807) is 12.1 Å². The van der Waals surface area contributed by atoms with Gasteiger partial charge >= 0.3 is 0 Å². The summed E-state index contributed by atoms with van der Waals surface area (Å²) in [4.78, 5) is 1.88. The molecule has 4 nitrogen and oxygen atoms in total. The molecule has 0 saturated carbocycles. The van der Waals surface area contributed by atoms with E-state index in [-0.39, 0.29) is 24.5 Å². The molecule has 1 heterocycles. The number of aliphatic hydroxyl groups is 1. The van der Waals surface area contributed by atoms with Crippen molar-refractivity contribution >= 4 is 5.69 Å². The maximum atomic E-state index is 14.2. The quantitative estimate of drug-likeness (QED) is 0.864. The van der Waals surface area contributed by atoms with Gasteiger partial charge in [-0.2, -0.15) is 0 Å². The predicted octanol–water partition coefficient (Wildman–Crippen LogP) is 1.30. The molecule has 19 heavy (non-hydrogen) atoms. The zero-order valence-corrected chi connectivity index (χ0v) is 11.4. The average Bonchev–Trinajstić information content (AvgIpc) is 2.46. The van der Waals surface area contributed by atoms with Crippen LogP contribution in [0, 0.1) is 5.82 Å². The number of morpholine rings is 1. The molecule has 1 fully saturated rings. The van der Waals surface area contributed by atoms with Gasteiger partial charge in [0.05, 0.1) is 31.5 Å². The summed E-state index contributed by atoms with van der Waals surface area (Å²) < 4.78 is 19.6. The summed E-state index contributed by atoms with van der Waals surface area (Å²) >= 11 is 0. The molecule has 1 aliphatic rings. The van der Waals surface area contributed by atoms with E-state index in [1.165, 1.54) is 0 Å². The van der Waals surface area contributed by atoms with Gasteiger partial charge in [0.15, 0.2) is 0 Å². The number of rotatable bonds is 4. The zero-order chi connectivity index (χ0) is 13.8. The molecule has 2 unspecified atom stereocenters. The molecular weight excluding hydrogens is 247 g/mol. The van der Waals surface area contributed by atoms with Crippen LogP contribution in [0.4, 0.5) is 10.1 Å². The average molecular weight is 268 g/mol. The maximum absolute atomic E-state index is 14.2. The molecule has 5 heteroatoms. The number of benzene rings is 1. The second kappa shape index (κ2) is 6.32. The van der Waals surface area contributed by atoms with Crippen molar-refractivity contribution in [2.75, 3.05) is 38.3 Å². The van der Waals surface area contributed by atoms with Crippen molar-refractivity contribution in [2.24, 2.45) is 0 Å². The van der Waals surface area contributed by atoms with Crippen LogP contribution in [-0.4, -0.2) is 44.6 Å². The van der Waals surface area contributed by atoms with Crippen LogP contribution in [0.25, 0.3) is 0 Å². The van der Waals surface area contributed by atoms with Gasteiger partial charge in [0.1, 0.15) is 5.82 Å². The highest BCUT2D eigenvalue weighted by Crippen LogP contribution is 2.26. The molecule has 1 aromatic carbocycles. The lowest BCUT2D eigenvalue weighted by Crippen LogP contribution is -2.48. The molecular formula is C14H21FN2O2. The Bertz CT molecular complexity index is 428. The van der Waals surface area contributed by atoms with E-state index in [0.717, 1.165) is 5.56 Å². The molecule has 0 radical (unpaired) electrons. The number of halogens is 1. The Morgan fingerprint density at radius 3 is 3.00 bits per heavy atom. The van der Waals surface area contributed by atoms with Crippen molar-refractivity contribution in [2.45, 2.75) is 19.0 Å². The van der Waals surface area contributed by atoms with Crippen molar-refractivity contribution < 1.29 is 14.2 Å². The van der Waals surface area contributed by atoms with Crippen LogP contribution in [0.2, 0.25) is 0 Å². The number of hydrogen-bond donors (Lipinski definition) is 2. The molecule has 0 aliphatic carbocycles. The molecule has 1 aliphatic heterocycles. The van der Waals surface area contributed by atoms with Crippen LogP contribution in [0.5, 0.6) is 0 Å². The Morgan fingerprint density at radius 1 is 1.58 bits per heavy atom.